The molecule has 1 saturated heterocycles. The molecule has 3 rings (SSSR count). The first-order valence-corrected chi connectivity index (χ1v) is 9.15. The molecule has 0 aromatic carbocycles. The predicted molar refractivity (Wildman–Crippen MR) is 96.5 cm³/mol. The lowest BCUT2D eigenvalue weighted by molar-refractivity contribution is -0.134. The summed E-state index contributed by atoms with van der Waals surface area (Å²) in [6.07, 6.45) is 4.46. The van der Waals surface area contributed by atoms with Crippen LogP contribution in [0.5, 0.6) is 0 Å². The standard InChI is InChI=1S/C16H20N6O3S/c1-4-16(5-2)13(24)22(15(25)20-16)8-12(23)19-14-18-11(9-26-14)10-6-17-21(3)7-10/h6-7,9H,4-5,8H2,1-3H3,(H,20,25)(H,18,19,23). The van der Waals surface area contributed by atoms with Gasteiger partial charge in [-0.05, 0) is 12.8 Å². The Hall–Kier alpha value is -2.75. The highest BCUT2D eigenvalue weighted by atomic mass is 32.1. The molecule has 2 aromatic heterocycles. The number of hydrogen-bond acceptors (Lipinski definition) is 6. The van der Waals surface area contributed by atoms with Crippen molar-refractivity contribution in [3.63, 3.8) is 0 Å². The Morgan fingerprint density at radius 1 is 1.35 bits per heavy atom. The molecule has 3 heterocycles. The van der Waals surface area contributed by atoms with Crippen LogP contribution in [-0.4, -0.2) is 49.6 Å². The molecule has 4 amide bonds. The second-order valence-corrected chi connectivity index (χ2v) is 6.96. The number of imide groups is 1. The molecule has 2 aromatic rings. The Balaban J connectivity index is 1.65. The molecule has 2 N–H and O–H groups in total. The van der Waals surface area contributed by atoms with Crippen molar-refractivity contribution in [2.24, 2.45) is 7.05 Å². The summed E-state index contributed by atoms with van der Waals surface area (Å²) in [6.45, 7) is 3.33. The monoisotopic (exact) mass is 376 g/mol. The Kier molecular flexibility index (Phi) is 4.77. The largest absolute Gasteiger partial charge is 0.325 e. The van der Waals surface area contributed by atoms with Gasteiger partial charge in [0.05, 0.1) is 11.9 Å². The molecule has 0 atom stereocenters. The number of thiazole rings is 1. The number of hydrogen-bond donors (Lipinski definition) is 2. The van der Waals surface area contributed by atoms with Crippen LogP contribution in [0.3, 0.4) is 0 Å². The van der Waals surface area contributed by atoms with Gasteiger partial charge in [0.25, 0.3) is 5.91 Å². The van der Waals surface area contributed by atoms with E-state index in [2.05, 4.69) is 20.7 Å². The molecular weight excluding hydrogens is 356 g/mol. The second-order valence-electron chi connectivity index (χ2n) is 6.10. The number of anilines is 1. The summed E-state index contributed by atoms with van der Waals surface area (Å²) in [6, 6.07) is -0.538. The summed E-state index contributed by atoms with van der Waals surface area (Å²) >= 11 is 1.27. The molecule has 138 valence electrons. The number of nitrogens with zero attached hydrogens (tertiary/aromatic N) is 4. The molecule has 0 radical (unpaired) electrons. The van der Waals surface area contributed by atoms with Crippen molar-refractivity contribution in [3.05, 3.63) is 17.8 Å². The van der Waals surface area contributed by atoms with Gasteiger partial charge in [-0.2, -0.15) is 5.10 Å². The van der Waals surface area contributed by atoms with Crippen LogP contribution >= 0.6 is 11.3 Å². The molecule has 0 spiro atoms. The minimum atomic E-state index is -0.911. The van der Waals surface area contributed by atoms with Gasteiger partial charge in [-0.15, -0.1) is 11.3 Å². The van der Waals surface area contributed by atoms with Crippen molar-refractivity contribution in [1.29, 1.82) is 0 Å². The van der Waals surface area contributed by atoms with Gasteiger partial charge >= 0.3 is 6.03 Å². The summed E-state index contributed by atoms with van der Waals surface area (Å²) in [5, 5.41) is 11.6. The molecule has 0 unspecified atom stereocenters. The molecule has 1 aliphatic heterocycles. The van der Waals surface area contributed by atoms with E-state index in [0.29, 0.717) is 23.7 Å². The lowest BCUT2D eigenvalue weighted by Crippen LogP contribution is -2.46. The zero-order valence-electron chi connectivity index (χ0n) is 14.8. The topological polar surface area (TPSA) is 109 Å². The van der Waals surface area contributed by atoms with Gasteiger partial charge in [0.1, 0.15) is 12.1 Å². The van der Waals surface area contributed by atoms with Crippen molar-refractivity contribution in [2.45, 2.75) is 32.2 Å². The van der Waals surface area contributed by atoms with Crippen LogP contribution in [0.15, 0.2) is 17.8 Å². The fourth-order valence-electron chi connectivity index (χ4n) is 2.87. The van der Waals surface area contributed by atoms with E-state index in [1.54, 1.807) is 16.3 Å². The first-order chi connectivity index (χ1) is 12.4. The summed E-state index contributed by atoms with van der Waals surface area (Å²) in [4.78, 5) is 42.2. The van der Waals surface area contributed by atoms with E-state index < -0.39 is 17.5 Å². The Bertz CT molecular complexity index is 854. The van der Waals surface area contributed by atoms with Crippen LogP contribution in [0, 0.1) is 0 Å². The molecule has 0 aliphatic carbocycles. The van der Waals surface area contributed by atoms with Crippen LogP contribution in [0.1, 0.15) is 26.7 Å². The zero-order chi connectivity index (χ0) is 18.9. The Morgan fingerprint density at radius 2 is 2.08 bits per heavy atom. The van der Waals surface area contributed by atoms with E-state index in [0.717, 1.165) is 10.5 Å². The van der Waals surface area contributed by atoms with Gasteiger partial charge in [-0.1, -0.05) is 13.8 Å². The fourth-order valence-corrected chi connectivity index (χ4v) is 3.60. The average molecular weight is 376 g/mol. The van der Waals surface area contributed by atoms with Crippen LogP contribution in [0.4, 0.5) is 9.93 Å². The minimum absolute atomic E-state index is 0.339. The third-order valence-corrected chi connectivity index (χ3v) is 5.26. The van der Waals surface area contributed by atoms with Crippen molar-refractivity contribution in [1.82, 2.24) is 25.0 Å². The van der Waals surface area contributed by atoms with Crippen molar-refractivity contribution < 1.29 is 14.4 Å². The third-order valence-electron chi connectivity index (χ3n) is 4.51. The lowest BCUT2D eigenvalue weighted by atomic mass is 9.93. The van der Waals surface area contributed by atoms with E-state index in [-0.39, 0.29) is 12.5 Å². The normalized spacial score (nSPS) is 16.0. The first kappa shape index (κ1) is 18.1. The summed E-state index contributed by atoms with van der Waals surface area (Å²) in [5.41, 5.74) is 0.629. The van der Waals surface area contributed by atoms with Crippen LogP contribution < -0.4 is 10.6 Å². The zero-order valence-corrected chi connectivity index (χ0v) is 15.6. The van der Waals surface area contributed by atoms with Crippen molar-refractivity contribution >= 4 is 34.3 Å². The second kappa shape index (κ2) is 6.87. The molecule has 10 heteroatoms. The molecule has 0 bridgehead atoms. The molecule has 26 heavy (non-hydrogen) atoms. The van der Waals surface area contributed by atoms with Crippen molar-refractivity contribution in [3.8, 4) is 11.3 Å². The number of carbonyl (C=O) groups excluding carboxylic acids is 3. The van der Waals surface area contributed by atoms with Gasteiger partial charge in [-0.3, -0.25) is 19.2 Å². The maximum atomic E-state index is 12.5. The van der Waals surface area contributed by atoms with E-state index in [4.69, 9.17) is 0 Å². The summed E-state index contributed by atoms with van der Waals surface area (Å²) in [7, 11) is 1.81. The van der Waals surface area contributed by atoms with Crippen molar-refractivity contribution in [2.75, 3.05) is 11.9 Å². The van der Waals surface area contributed by atoms with E-state index in [1.807, 2.05) is 27.1 Å². The molecule has 1 fully saturated rings. The highest BCUT2D eigenvalue weighted by Crippen LogP contribution is 2.26. The van der Waals surface area contributed by atoms with E-state index >= 15 is 0 Å². The molecular formula is C16H20N6O3S. The SMILES string of the molecule is CCC1(CC)NC(=O)N(CC(=O)Nc2nc(-c3cnn(C)c3)cs2)C1=O. The highest BCUT2D eigenvalue weighted by molar-refractivity contribution is 7.14. The van der Waals surface area contributed by atoms with Crippen LogP contribution in [0.2, 0.25) is 0 Å². The Morgan fingerprint density at radius 3 is 2.65 bits per heavy atom. The van der Waals surface area contributed by atoms with E-state index in [1.165, 1.54) is 11.3 Å². The smallest absolute Gasteiger partial charge is 0.323 e. The minimum Gasteiger partial charge on any atom is -0.323 e. The number of nitrogens with one attached hydrogen (secondary N) is 2. The van der Waals surface area contributed by atoms with Gasteiger partial charge in [0.15, 0.2) is 5.13 Å². The summed E-state index contributed by atoms with van der Waals surface area (Å²) in [5.74, 6) is -0.832. The Labute approximate surface area is 154 Å². The predicted octanol–water partition coefficient (Wildman–Crippen LogP) is 1.59. The number of rotatable bonds is 6. The molecule has 1 aliphatic rings. The summed E-state index contributed by atoms with van der Waals surface area (Å²) < 4.78 is 1.66. The quantitative estimate of drug-likeness (QED) is 0.744. The van der Waals surface area contributed by atoms with Gasteiger partial charge in [0.2, 0.25) is 5.91 Å². The molecule has 0 saturated carbocycles. The first-order valence-electron chi connectivity index (χ1n) is 8.27. The molecule has 9 nitrogen and oxygen atoms in total. The maximum absolute atomic E-state index is 12.5. The number of carbonyl (C=O) groups is 3. The highest BCUT2D eigenvalue weighted by Gasteiger charge is 2.49. The lowest BCUT2D eigenvalue weighted by Gasteiger charge is -2.22. The average Bonchev–Trinajstić information content (AvgIpc) is 3.30. The number of aryl methyl sites for hydroxylation is 1. The van der Waals surface area contributed by atoms with Crippen LogP contribution in [-0.2, 0) is 16.6 Å². The van der Waals surface area contributed by atoms with Gasteiger partial charge < -0.3 is 10.6 Å². The maximum Gasteiger partial charge on any atom is 0.325 e. The third kappa shape index (κ3) is 3.19. The number of aromatic nitrogens is 3. The van der Waals surface area contributed by atoms with E-state index in [9.17, 15) is 14.4 Å². The number of amides is 4. The number of urea groups is 1. The fraction of sp³-hybridized carbons (Fsp3) is 0.438. The van der Waals surface area contributed by atoms with Crippen LogP contribution in [0.25, 0.3) is 11.3 Å². The van der Waals surface area contributed by atoms with Gasteiger partial charge in [-0.25, -0.2) is 9.78 Å². The van der Waals surface area contributed by atoms with Gasteiger partial charge in [0, 0.05) is 24.2 Å².